The quantitative estimate of drug-likeness (QED) is 0.0222. The summed E-state index contributed by atoms with van der Waals surface area (Å²) in [6.07, 6.45) is 4.78. The number of carbonyl (C=O) groups excluding carboxylic acids is 3. The van der Waals surface area contributed by atoms with E-state index in [1.807, 2.05) is 59.7 Å². The minimum Gasteiger partial charge on any atom is -0.444 e. The Bertz CT molecular complexity index is 4990. The number of amides is 3. The first-order valence-corrected chi connectivity index (χ1v) is 48.1. The summed E-state index contributed by atoms with van der Waals surface area (Å²) in [6, 6.07) is 25.4. The van der Waals surface area contributed by atoms with Crippen molar-refractivity contribution in [3.05, 3.63) is 180 Å². The predicted molar refractivity (Wildman–Crippen MR) is 495 cm³/mol. The molecule has 5 aromatic rings. The number of ether oxygens (including phenoxy) is 8. The molecule has 5 aromatic carbocycles. The van der Waals surface area contributed by atoms with Gasteiger partial charge in [-0.2, -0.15) is 0 Å². The maximum Gasteiger partial charge on any atom is 0.413 e. The highest BCUT2D eigenvalue weighted by Crippen LogP contribution is 2.55. The minimum absolute atomic E-state index is 0.00971. The van der Waals surface area contributed by atoms with Crippen molar-refractivity contribution in [1.82, 2.24) is 16.0 Å². The van der Waals surface area contributed by atoms with Crippen LogP contribution in [0, 0.1) is 78.9 Å². The number of nitrogens with one attached hydrogen (secondary N) is 3. The Labute approximate surface area is 765 Å². The van der Waals surface area contributed by atoms with Gasteiger partial charge in [0.25, 0.3) is 11.4 Å². The molecule has 5 saturated heterocycles. The Hall–Kier alpha value is -8.34. The number of amidine groups is 5. The van der Waals surface area contributed by atoms with E-state index < -0.39 is 84.3 Å². The number of fused-ring (bicyclic) bond motifs is 5. The molecule has 28 nitrogen and oxygen atoms in total. The first-order chi connectivity index (χ1) is 60.5. The van der Waals surface area contributed by atoms with Crippen LogP contribution in [-0.4, -0.2) is 163 Å². The smallest absolute Gasteiger partial charge is 0.413 e. The zero-order chi connectivity index (χ0) is 93.1. The number of halogens is 5. The van der Waals surface area contributed by atoms with Gasteiger partial charge >= 0.3 is 18.3 Å². The number of carbonyl (C=O) groups is 3. The van der Waals surface area contributed by atoms with Gasteiger partial charge in [-0.1, -0.05) is 130 Å². The van der Waals surface area contributed by atoms with Gasteiger partial charge in [-0.25, -0.2) is 36.3 Å². The summed E-state index contributed by atoms with van der Waals surface area (Å²) in [6.45, 7) is 28.7. The van der Waals surface area contributed by atoms with Crippen molar-refractivity contribution in [2.24, 2.45) is 66.0 Å². The van der Waals surface area contributed by atoms with Crippen LogP contribution in [0.5, 0.6) is 0 Å². The van der Waals surface area contributed by atoms with Gasteiger partial charge in [0, 0.05) is 148 Å². The molecule has 3 amide bonds. The van der Waals surface area contributed by atoms with Crippen LogP contribution in [0.25, 0.3) is 0 Å². The van der Waals surface area contributed by atoms with E-state index in [2.05, 4.69) is 34.8 Å². The molecule has 10 aliphatic heterocycles. The molecule has 10 aliphatic rings. The lowest BCUT2D eigenvalue weighted by molar-refractivity contribution is -0.385. The molecule has 0 aliphatic carbocycles. The number of hydrogen-bond donors (Lipinski definition) is 6. The molecule has 0 saturated carbocycles. The average molecular weight is 1880 g/mol. The summed E-state index contributed by atoms with van der Waals surface area (Å²) < 4.78 is 119. The number of benzene rings is 5. The van der Waals surface area contributed by atoms with Crippen molar-refractivity contribution >= 4 is 120 Å². The van der Waals surface area contributed by atoms with Gasteiger partial charge < -0.3 is 55.1 Å². The standard InChI is InChI=1S/C20H26FN3O5S.C20H28FN3O3S.C20H27FN2O3S.C15H18FN3O3S.C15H19FN2OS/c1-5-14-9-20(15-8-13(24(26)27)6-7-16(15)21)12(10-28-14)11-30-17(23-20)22-18(25)29-19(2,3)4;1-5-14-9-20(15-8-13(22)6-7-16(15)21)12(10-26-14)11-28-17(24-20)23-18(25)27-19(2,3)4;1-5-14-10-20(15-8-6-7-9-16(15)21)13(11-25-14)12-27-17(23-20)22-18(24)26-19(2,3)4;1-2-11-6-15(9(7-22-11)8-23-14(17)18-15)12-5-10(19(20)21)3-4-13(12)16;1-2-11-7-15(12-5-3-4-6-13(12)16)10(8-19-11)9-20-14(17)18-15/h6-8,12,14H,5,9-11H2,1-4H3,(H,22,23,25);6-8,12,14H,5,9-11,22H2,1-4H3,(H,23,24,25);6-9,13-14H,5,10-12H2,1-4H3,(H,22,23,24);3-5,9,11H,2,6-8H2,1H3,(H2,17,18);3-6,10-11H,2,7-9H2,1H3,(H2,17,18)/t2*12-,14-,20-;13-,14-,20-;9-,11-,15-;10-,11-,15-/m00000/s1. The second kappa shape index (κ2) is 42.5. The molecule has 0 unspecified atom stereocenters. The van der Waals surface area contributed by atoms with Crippen molar-refractivity contribution in [3.8, 4) is 0 Å². The Kier molecular flexibility index (Phi) is 33.3. The van der Waals surface area contributed by atoms with Crippen LogP contribution in [0.2, 0.25) is 0 Å². The lowest BCUT2D eigenvalue weighted by Gasteiger charge is -2.47. The molecule has 128 heavy (non-hydrogen) atoms. The number of nitrogens with zero attached hydrogens (tertiary/aromatic N) is 7. The second-order valence-corrected chi connectivity index (χ2v) is 41.2. The summed E-state index contributed by atoms with van der Waals surface area (Å²) in [7, 11) is 0. The van der Waals surface area contributed by atoms with E-state index >= 15 is 0 Å². The van der Waals surface area contributed by atoms with Gasteiger partial charge in [0.05, 0.1) is 101 Å². The number of alkyl carbamates (subject to hydrolysis) is 3. The fraction of sp³-hybridized carbons (Fsp3) is 0.578. The van der Waals surface area contributed by atoms with Crippen molar-refractivity contribution in [1.29, 1.82) is 0 Å². The van der Waals surface area contributed by atoms with E-state index in [0.717, 1.165) is 49.6 Å². The van der Waals surface area contributed by atoms with Crippen LogP contribution in [0.3, 0.4) is 0 Å². The fourth-order valence-corrected chi connectivity index (χ4v) is 22.8. The first-order valence-electron chi connectivity index (χ1n) is 43.2. The van der Waals surface area contributed by atoms with E-state index in [1.54, 1.807) is 71.9 Å². The minimum atomic E-state index is -1.06. The number of nitrogens with two attached hydrogens (primary N) is 3. The number of non-ortho nitro benzene ring substituents is 2. The van der Waals surface area contributed by atoms with Gasteiger partial charge in [-0.05, 0) is 137 Å². The Morgan fingerprint density at radius 3 is 0.922 bits per heavy atom. The van der Waals surface area contributed by atoms with Crippen LogP contribution in [0.1, 0.15) is 189 Å². The van der Waals surface area contributed by atoms with Crippen molar-refractivity contribution in [3.63, 3.8) is 0 Å². The molecule has 10 heterocycles. The topological polar surface area (TPSA) is 387 Å². The molecular weight excluding hydrogens is 1760 g/mol. The summed E-state index contributed by atoms with van der Waals surface area (Å²) in [5.74, 6) is 1.47. The molecule has 0 bridgehead atoms. The number of hydrogen-bond acceptors (Lipinski definition) is 28. The maximum absolute atomic E-state index is 15.0. The monoisotopic (exact) mass is 1880 g/mol. The molecule has 0 spiro atoms. The maximum atomic E-state index is 15.0. The summed E-state index contributed by atoms with van der Waals surface area (Å²) >= 11 is 7.14. The molecule has 38 heteroatoms. The lowest BCUT2D eigenvalue weighted by atomic mass is 9.73. The molecule has 698 valence electrons. The molecule has 15 rings (SSSR count). The van der Waals surface area contributed by atoms with Crippen LogP contribution < -0.4 is 33.2 Å². The molecular formula is C90H118F5N13O15S5. The van der Waals surface area contributed by atoms with Crippen LogP contribution >= 0.6 is 58.8 Å². The third kappa shape index (κ3) is 24.1. The lowest BCUT2D eigenvalue weighted by Crippen LogP contribution is -2.51. The predicted octanol–water partition coefficient (Wildman–Crippen LogP) is 18.6. The Morgan fingerprint density at radius 2 is 0.641 bits per heavy atom. The summed E-state index contributed by atoms with van der Waals surface area (Å²) in [5.41, 5.74) is 14.1. The second-order valence-electron chi connectivity index (χ2n) is 36.1. The van der Waals surface area contributed by atoms with Gasteiger partial charge in [0.1, 0.15) is 45.9 Å². The van der Waals surface area contributed by atoms with E-state index in [4.69, 9.17) is 75.1 Å². The molecule has 5 fully saturated rings. The fourth-order valence-electron chi connectivity index (χ4n) is 17.5. The zero-order valence-electron chi connectivity index (χ0n) is 74.6. The number of anilines is 1. The highest BCUT2D eigenvalue weighted by Gasteiger charge is 2.56. The van der Waals surface area contributed by atoms with Crippen molar-refractivity contribution in [2.75, 3.05) is 67.5 Å². The average Bonchev–Trinajstić information content (AvgIpc) is 0.770. The Morgan fingerprint density at radius 1 is 0.391 bits per heavy atom. The number of nitro groups is 2. The normalized spacial score (nSPS) is 28.8. The highest BCUT2D eigenvalue weighted by atomic mass is 32.2. The van der Waals surface area contributed by atoms with E-state index in [0.29, 0.717) is 143 Å². The van der Waals surface area contributed by atoms with Crippen LogP contribution in [0.15, 0.2) is 128 Å². The van der Waals surface area contributed by atoms with Gasteiger partial charge in [0.15, 0.2) is 25.8 Å². The largest absolute Gasteiger partial charge is 0.444 e. The molecule has 15 atom stereocenters. The van der Waals surface area contributed by atoms with E-state index in [1.165, 1.54) is 95.2 Å². The molecule has 0 radical (unpaired) electrons. The third-order valence-electron chi connectivity index (χ3n) is 23.9. The SMILES string of the molecule is CC[C@H]1C[C@]2(c3cc(N)ccc3F)N=C(NC(=O)OC(C)(C)C)SC[C@@H]2CO1.CC[C@H]1C[C@]2(c3cc([N+](=O)[O-])ccc3F)N=C(N)SC[C@@H]2CO1.CC[C@H]1C[C@]2(c3cc([N+](=O)[O-])ccc3F)N=C(NC(=O)OC(C)(C)C)SC[C@@H]2CO1.CC[C@H]1C[C@]2(c3ccccc3F)N=C(N)SC[C@@H]2CO1.CC[C@H]1C[C@]2(c3ccccc3F)N=C(NC(=O)OC(C)(C)C)SC[C@@H]2CO1. The Balaban J connectivity index is 0.000000156. The van der Waals surface area contributed by atoms with Gasteiger partial charge in [0.2, 0.25) is 0 Å². The van der Waals surface area contributed by atoms with E-state index in [-0.39, 0.29) is 100 Å². The summed E-state index contributed by atoms with van der Waals surface area (Å²) in [5, 5.41) is 32.7. The number of thioether (sulfide) groups is 5. The zero-order valence-corrected chi connectivity index (χ0v) is 78.7. The van der Waals surface area contributed by atoms with Crippen molar-refractivity contribution in [2.45, 2.75) is 236 Å². The number of nitro benzene ring substituents is 2. The van der Waals surface area contributed by atoms with Crippen LogP contribution in [0.4, 0.5) is 53.4 Å². The highest BCUT2D eigenvalue weighted by molar-refractivity contribution is 8.15. The first kappa shape index (κ1) is 100. The number of aliphatic imine (C=N–C) groups is 5. The van der Waals surface area contributed by atoms with Crippen LogP contribution in [-0.2, 0) is 65.6 Å². The van der Waals surface area contributed by atoms with Gasteiger partial charge in [-0.3, -0.25) is 61.1 Å². The van der Waals surface area contributed by atoms with Crippen molar-refractivity contribution < 1.29 is 84.1 Å². The number of nitrogen functional groups attached to an aromatic ring is 1. The van der Waals surface area contributed by atoms with Gasteiger partial charge in [-0.15, -0.1) is 0 Å². The van der Waals surface area contributed by atoms with E-state index in [9.17, 15) is 56.6 Å². The molecule has 9 N–H and O–H groups in total. The molecule has 0 aromatic heterocycles. The number of rotatable bonds is 12. The summed E-state index contributed by atoms with van der Waals surface area (Å²) in [4.78, 5) is 81.8. The third-order valence-corrected chi connectivity index (χ3v) is 28.9.